The van der Waals surface area contributed by atoms with E-state index in [9.17, 15) is 0 Å². The van der Waals surface area contributed by atoms with Crippen molar-refractivity contribution in [2.24, 2.45) is 0 Å². The van der Waals surface area contributed by atoms with E-state index in [0.29, 0.717) is 0 Å². The lowest BCUT2D eigenvalue weighted by atomic mass is 9.95. The van der Waals surface area contributed by atoms with Crippen LogP contribution in [-0.2, 0) is 0 Å². The first-order valence-electron chi connectivity index (χ1n) is 6.96. The zero-order chi connectivity index (χ0) is 12.6. The van der Waals surface area contributed by atoms with E-state index in [4.69, 9.17) is 0 Å². The summed E-state index contributed by atoms with van der Waals surface area (Å²) in [6.45, 7) is 1.17. The van der Waals surface area contributed by atoms with Gasteiger partial charge in [0.25, 0.3) is 0 Å². The number of thioether (sulfide) groups is 1. The van der Waals surface area contributed by atoms with Gasteiger partial charge in [-0.3, -0.25) is 0 Å². The van der Waals surface area contributed by atoms with Gasteiger partial charge in [-0.15, -0.1) is 11.8 Å². The Morgan fingerprint density at radius 3 is 2.56 bits per heavy atom. The van der Waals surface area contributed by atoms with E-state index >= 15 is 0 Å². The summed E-state index contributed by atoms with van der Waals surface area (Å²) in [5.74, 6) is 1.21. The average molecular weight is 328 g/mol. The molecule has 0 atom stereocenters. The van der Waals surface area contributed by atoms with Crippen molar-refractivity contribution in [1.29, 1.82) is 0 Å². The topological polar surface area (TPSA) is 12.0 Å². The molecule has 1 aromatic carbocycles. The Morgan fingerprint density at radius 1 is 1.11 bits per heavy atom. The first-order chi connectivity index (χ1) is 8.84. The van der Waals surface area contributed by atoms with Crippen LogP contribution in [0.3, 0.4) is 0 Å². The van der Waals surface area contributed by atoms with Crippen LogP contribution >= 0.6 is 27.7 Å². The van der Waals surface area contributed by atoms with E-state index in [-0.39, 0.29) is 0 Å². The zero-order valence-corrected chi connectivity index (χ0v) is 13.2. The number of halogens is 1. The Bertz CT molecular complexity index is 333. The van der Waals surface area contributed by atoms with Crippen LogP contribution in [-0.4, -0.2) is 18.3 Å². The molecular weight excluding hydrogens is 306 g/mol. The van der Waals surface area contributed by atoms with Gasteiger partial charge in [0.05, 0.1) is 0 Å². The van der Waals surface area contributed by atoms with Gasteiger partial charge in [-0.05, 0) is 55.8 Å². The summed E-state index contributed by atoms with van der Waals surface area (Å²) in [7, 11) is 0. The minimum Gasteiger partial charge on any atom is -0.314 e. The Hall–Kier alpha value is 0.01000. The summed E-state index contributed by atoms with van der Waals surface area (Å²) in [5, 5.41) is 3.70. The van der Waals surface area contributed by atoms with Crippen molar-refractivity contribution in [2.45, 2.75) is 49.5 Å². The van der Waals surface area contributed by atoms with Crippen LogP contribution < -0.4 is 5.32 Å². The van der Waals surface area contributed by atoms with E-state index in [1.54, 1.807) is 0 Å². The monoisotopic (exact) mass is 327 g/mol. The predicted octanol–water partition coefficient (Wildman–Crippen LogP) is 4.85. The molecule has 1 fully saturated rings. The van der Waals surface area contributed by atoms with E-state index in [2.05, 4.69) is 45.5 Å². The fraction of sp³-hybridized carbons (Fsp3) is 0.600. The maximum atomic E-state index is 3.70. The van der Waals surface area contributed by atoms with Gasteiger partial charge >= 0.3 is 0 Å². The molecule has 0 heterocycles. The largest absolute Gasteiger partial charge is 0.314 e. The molecule has 1 aliphatic carbocycles. The summed E-state index contributed by atoms with van der Waals surface area (Å²) in [6, 6.07) is 9.40. The summed E-state index contributed by atoms with van der Waals surface area (Å²) >= 11 is 5.42. The third kappa shape index (κ3) is 5.33. The zero-order valence-electron chi connectivity index (χ0n) is 10.8. The van der Waals surface area contributed by atoms with Crippen molar-refractivity contribution in [1.82, 2.24) is 5.32 Å². The number of nitrogens with one attached hydrogen (secondary N) is 1. The smallest absolute Gasteiger partial charge is 0.0176 e. The Labute approximate surface area is 123 Å². The third-order valence-electron chi connectivity index (χ3n) is 3.44. The summed E-state index contributed by atoms with van der Waals surface area (Å²) in [6.07, 6.45) is 8.32. The SMILES string of the molecule is Brc1ccc(SCCCNC2CCCCC2)cc1. The minimum absolute atomic E-state index is 0.802. The third-order valence-corrected chi connectivity index (χ3v) is 5.07. The Balaban J connectivity index is 1.54. The molecule has 1 aromatic rings. The highest BCUT2D eigenvalue weighted by Gasteiger charge is 2.11. The molecule has 0 radical (unpaired) electrons. The number of benzene rings is 1. The molecule has 0 spiro atoms. The molecule has 1 nitrogen and oxygen atoms in total. The fourth-order valence-electron chi connectivity index (χ4n) is 2.41. The van der Waals surface area contributed by atoms with Gasteiger partial charge < -0.3 is 5.32 Å². The van der Waals surface area contributed by atoms with Crippen molar-refractivity contribution < 1.29 is 0 Å². The van der Waals surface area contributed by atoms with Crippen LogP contribution in [0.25, 0.3) is 0 Å². The number of rotatable bonds is 6. The second-order valence-corrected chi connectivity index (χ2v) is 7.03. The maximum Gasteiger partial charge on any atom is 0.0176 e. The van der Waals surface area contributed by atoms with Crippen molar-refractivity contribution in [3.8, 4) is 0 Å². The molecule has 2 rings (SSSR count). The molecule has 0 unspecified atom stereocenters. The van der Waals surface area contributed by atoms with Gasteiger partial charge in [-0.25, -0.2) is 0 Å². The Kier molecular flexibility index (Phi) is 6.60. The van der Waals surface area contributed by atoms with Crippen molar-refractivity contribution in [3.05, 3.63) is 28.7 Å². The fourth-order valence-corrected chi connectivity index (χ4v) is 3.52. The number of hydrogen-bond donors (Lipinski definition) is 1. The highest BCUT2D eigenvalue weighted by Crippen LogP contribution is 2.21. The van der Waals surface area contributed by atoms with E-state index in [0.717, 1.165) is 10.5 Å². The average Bonchev–Trinajstić information content (AvgIpc) is 2.42. The van der Waals surface area contributed by atoms with Gasteiger partial charge in [-0.1, -0.05) is 35.2 Å². The van der Waals surface area contributed by atoms with Gasteiger partial charge in [0.2, 0.25) is 0 Å². The molecule has 1 N–H and O–H groups in total. The molecule has 1 aliphatic rings. The van der Waals surface area contributed by atoms with Crippen molar-refractivity contribution >= 4 is 27.7 Å². The molecule has 0 bridgehead atoms. The molecular formula is C15H22BrNS. The highest BCUT2D eigenvalue weighted by molar-refractivity contribution is 9.10. The molecule has 18 heavy (non-hydrogen) atoms. The first kappa shape index (κ1) is 14.4. The number of hydrogen-bond acceptors (Lipinski definition) is 2. The minimum atomic E-state index is 0.802. The lowest BCUT2D eigenvalue weighted by molar-refractivity contribution is 0.375. The van der Waals surface area contributed by atoms with Crippen LogP contribution in [0, 0.1) is 0 Å². The van der Waals surface area contributed by atoms with Crippen molar-refractivity contribution in [3.63, 3.8) is 0 Å². The van der Waals surface area contributed by atoms with Crippen molar-refractivity contribution in [2.75, 3.05) is 12.3 Å². The summed E-state index contributed by atoms with van der Waals surface area (Å²) < 4.78 is 1.16. The van der Waals surface area contributed by atoms with Gasteiger partial charge in [0, 0.05) is 15.4 Å². The van der Waals surface area contributed by atoms with Gasteiger partial charge in [0.15, 0.2) is 0 Å². The predicted molar refractivity (Wildman–Crippen MR) is 84.4 cm³/mol. The molecule has 1 saturated carbocycles. The van der Waals surface area contributed by atoms with Crippen LogP contribution in [0.4, 0.5) is 0 Å². The second kappa shape index (κ2) is 8.23. The molecule has 3 heteroatoms. The van der Waals surface area contributed by atoms with Gasteiger partial charge in [0.1, 0.15) is 0 Å². The van der Waals surface area contributed by atoms with E-state index < -0.39 is 0 Å². The lowest BCUT2D eigenvalue weighted by Gasteiger charge is -2.22. The maximum absolute atomic E-state index is 3.70. The molecule has 0 aromatic heterocycles. The quantitative estimate of drug-likeness (QED) is 0.591. The van der Waals surface area contributed by atoms with Crippen LogP contribution in [0.2, 0.25) is 0 Å². The summed E-state index contributed by atoms with van der Waals surface area (Å²) in [4.78, 5) is 1.37. The molecule has 0 aliphatic heterocycles. The second-order valence-electron chi connectivity index (χ2n) is 4.94. The van der Waals surface area contributed by atoms with E-state index in [1.165, 1.54) is 55.7 Å². The Morgan fingerprint density at radius 2 is 1.83 bits per heavy atom. The van der Waals surface area contributed by atoms with E-state index in [1.807, 2.05) is 11.8 Å². The lowest BCUT2D eigenvalue weighted by Crippen LogP contribution is -2.31. The first-order valence-corrected chi connectivity index (χ1v) is 8.74. The summed E-state index contributed by atoms with van der Waals surface area (Å²) in [5.41, 5.74) is 0. The van der Waals surface area contributed by atoms with Crippen LogP contribution in [0.1, 0.15) is 38.5 Å². The molecule has 100 valence electrons. The standard InChI is InChI=1S/C15H22BrNS/c16-13-7-9-15(10-8-13)18-12-4-11-17-14-5-2-1-3-6-14/h7-10,14,17H,1-6,11-12H2. The molecule has 0 saturated heterocycles. The molecule has 0 amide bonds. The highest BCUT2D eigenvalue weighted by atomic mass is 79.9. The van der Waals surface area contributed by atoms with Crippen LogP contribution in [0.15, 0.2) is 33.6 Å². The normalized spacial score (nSPS) is 16.9. The van der Waals surface area contributed by atoms with Gasteiger partial charge in [-0.2, -0.15) is 0 Å². The van der Waals surface area contributed by atoms with Crippen LogP contribution in [0.5, 0.6) is 0 Å².